The number of nitrogens with zero attached hydrogens (tertiary/aromatic N) is 2. The summed E-state index contributed by atoms with van der Waals surface area (Å²) in [5.41, 5.74) is 0.626. The molecule has 0 radical (unpaired) electrons. The van der Waals surface area contributed by atoms with E-state index in [9.17, 15) is 4.79 Å². The van der Waals surface area contributed by atoms with Crippen LogP contribution in [0.5, 0.6) is 0 Å². The minimum atomic E-state index is -0.125. The van der Waals surface area contributed by atoms with Crippen molar-refractivity contribution in [1.29, 1.82) is 0 Å². The van der Waals surface area contributed by atoms with E-state index in [0.717, 1.165) is 18.8 Å². The van der Waals surface area contributed by atoms with E-state index in [1.807, 2.05) is 0 Å². The van der Waals surface area contributed by atoms with Crippen LogP contribution in [-0.2, 0) is 7.05 Å². The first-order chi connectivity index (χ1) is 7.68. The van der Waals surface area contributed by atoms with Crippen LogP contribution in [0.4, 0.5) is 5.69 Å². The molecule has 0 amide bonds. The molecule has 1 heterocycles. The number of aryl methyl sites for hydroxylation is 1. The van der Waals surface area contributed by atoms with Crippen molar-refractivity contribution in [2.75, 3.05) is 18.4 Å². The Morgan fingerprint density at radius 2 is 2.31 bits per heavy atom. The highest BCUT2D eigenvalue weighted by Crippen LogP contribution is 2.18. The number of rotatable bonds is 5. The molecule has 0 atom stereocenters. The molecule has 16 heavy (non-hydrogen) atoms. The molecule has 6 heteroatoms. The normalized spacial score (nSPS) is 15.1. The van der Waals surface area contributed by atoms with Crippen molar-refractivity contribution in [1.82, 2.24) is 15.1 Å². The Bertz CT molecular complexity index is 427. The van der Waals surface area contributed by atoms with Gasteiger partial charge in [0.05, 0.1) is 11.9 Å². The average molecular weight is 287 g/mol. The van der Waals surface area contributed by atoms with Gasteiger partial charge >= 0.3 is 0 Å². The summed E-state index contributed by atoms with van der Waals surface area (Å²) in [6, 6.07) is 0.715. The van der Waals surface area contributed by atoms with E-state index in [1.54, 1.807) is 13.2 Å². The van der Waals surface area contributed by atoms with Crippen LogP contribution in [0.3, 0.4) is 0 Å². The molecule has 0 aromatic carbocycles. The summed E-state index contributed by atoms with van der Waals surface area (Å²) in [6.45, 7) is 1.70. The van der Waals surface area contributed by atoms with E-state index in [1.165, 1.54) is 17.5 Å². The lowest BCUT2D eigenvalue weighted by atomic mass is 10.4. The molecule has 0 spiro atoms. The second kappa shape index (κ2) is 4.97. The monoisotopic (exact) mass is 286 g/mol. The number of aromatic nitrogens is 2. The van der Waals surface area contributed by atoms with Crippen molar-refractivity contribution in [2.24, 2.45) is 7.05 Å². The maximum Gasteiger partial charge on any atom is 0.282 e. The van der Waals surface area contributed by atoms with Crippen LogP contribution in [0, 0.1) is 0 Å². The van der Waals surface area contributed by atoms with E-state index >= 15 is 0 Å². The lowest BCUT2D eigenvalue weighted by Gasteiger charge is -2.08. The molecule has 2 N–H and O–H groups in total. The second-order valence-electron chi connectivity index (χ2n) is 3.96. The lowest BCUT2D eigenvalue weighted by Crippen LogP contribution is -2.26. The zero-order valence-corrected chi connectivity index (χ0v) is 10.7. The Hall–Kier alpha value is -0.880. The lowest BCUT2D eigenvalue weighted by molar-refractivity contribution is 0.692. The first-order valence-corrected chi connectivity index (χ1v) is 6.17. The molecule has 0 aliphatic heterocycles. The van der Waals surface area contributed by atoms with Gasteiger partial charge in [-0.2, -0.15) is 5.10 Å². The van der Waals surface area contributed by atoms with Crippen LogP contribution in [0.2, 0.25) is 0 Å². The molecular formula is C10H15BrN4O. The van der Waals surface area contributed by atoms with E-state index in [-0.39, 0.29) is 5.56 Å². The molecular weight excluding hydrogens is 272 g/mol. The standard InChI is InChI=1S/C10H15BrN4O/c1-15-10(16)9(11)8(6-14-15)13-5-4-12-7-2-3-7/h6-7,12-13H,2-5H2,1H3. The highest BCUT2D eigenvalue weighted by molar-refractivity contribution is 9.10. The van der Waals surface area contributed by atoms with Gasteiger partial charge in [0, 0.05) is 26.2 Å². The summed E-state index contributed by atoms with van der Waals surface area (Å²) in [4.78, 5) is 11.5. The summed E-state index contributed by atoms with van der Waals surface area (Å²) in [5, 5.41) is 10.5. The first-order valence-electron chi connectivity index (χ1n) is 5.37. The summed E-state index contributed by atoms with van der Waals surface area (Å²) in [5.74, 6) is 0. The van der Waals surface area contributed by atoms with Crippen LogP contribution < -0.4 is 16.2 Å². The molecule has 2 rings (SSSR count). The number of halogens is 1. The first kappa shape index (κ1) is 11.6. The summed E-state index contributed by atoms with van der Waals surface area (Å²) >= 11 is 3.27. The van der Waals surface area contributed by atoms with Crippen LogP contribution in [0.15, 0.2) is 15.5 Å². The van der Waals surface area contributed by atoms with Gasteiger partial charge in [-0.15, -0.1) is 0 Å². The van der Waals surface area contributed by atoms with Gasteiger partial charge < -0.3 is 10.6 Å². The fraction of sp³-hybridized carbons (Fsp3) is 0.600. The maximum absolute atomic E-state index is 11.5. The van der Waals surface area contributed by atoms with Crippen molar-refractivity contribution in [2.45, 2.75) is 18.9 Å². The molecule has 5 nitrogen and oxygen atoms in total. The molecule has 1 aromatic rings. The fourth-order valence-corrected chi connectivity index (χ4v) is 1.89. The van der Waals surface area contributed by atoms with Crippen LogP contribution in [-0.4, -0.2) is 28.9 Å². The van der Waals surface area contributed by atoms with Gasteiger partial charge in [0.25, 0.3) is 5.56 Å². The summed E-state index contributed by atoms with van der Waals surface area (Å²) < 4.78 is 1.84. The number of nitrogens with one attached hydrogen (secondary N) is 2. The molecule has 1 aromatic heterocycles. The zero-order valence-electron chi connectivity index (χ0n) is 9.16. The van der Waals surface area contributed by atoms with E-state index < -0.39 is 0 Å². The van der Waals surface area contributed by atoms with Crippen LogP contribution in [0.25, 0.3) is 0 Å². The second-order valence-corrected chi connectivity index (χ2v) is 4.75. The third kappa shape index (κ3) is 2.82. The van der Waals surface area contributed by atoms with Gasteiger partial charge in [-0.25, -0.2) is 4.68 Å². The molecule has 1 aliphatic rings. The predicted molar refractivity (Wildman–Crippen MR) is 66.7 cm³/mol. The zero-order chi connectivity index (χ0) is 11.5. The maximum atomic E-state index is 11.5. The highest BCUT2D eigenvalue weighted by Gasteiger charge is 2.19. The quantitative estimate of drug-likeness (QED) is 0.783. The van der Waals surface area contributed by atoms with Gasteiger partial charge in [0.1, 0.15) is 4.47 Å². The average Bonchev–Trinajstić information content (AvgIpc) is 3.08. The van der Waals surface area contributed by atoms with Crippen molar-refractivity contribution >= 4 is 21.6 Å². The van der Waals surface area contributed by atoms with Crippen molar-refractivity contribution in [3.8, 4) is 0 Å². The summed E-state index contributed by atoms with van der Waals surface area (Å²) in [6.07, 6.45) is 4.23. The minimum Gasteiger partial charge on any atom is -0.381 e. The smallest absolute Gasteiger partial charge is 0.282 e. The van der Waals surface area contributed by atoms with Gasteiger partial charge in [-0.05, 0) is 28.8 Å². The third-order valence-corrected chi connectivity index (χ3v) is 3.30. The Kier molecular flexibility index (Phi) is 3.60. The SMILES string of the molecule is Cn1ncc(NCCNC2CC2)c(Br)c1=O. The number of anilines is 1. The molecule has 0 bridgehead atoms. The van der Waals surface area contributed by atoms with Crippen LogP contribution >= 0.6 is 15.9 Å². The molecule has 1 saturated carbocycles. The van der Waals surface area contributed by atoms with E-state index in [2.05, 4.69) is 31.7 Å². The van der Waals surface area contributed by atoms with Crippen LogP contribution in [0.1, 0.15) is 12.8 Å². The predicted octanol–water partition coefficient (Wildman–Crippen LogP) is 0.707. The van der Waals surface area contributed by atoms with Gasteiger partial charge in [-0.3, -0.25) is 4.79 Å². The number of hydrogen-bond acceptors (Lipinski definition) is 4. The minimum absolute atomic E-state index is 0.125. The van der Waals surface area contributed by atoms with Crippen molar-refractivity contribution in [3.63, 3.8) is 0 Å². The number of hydrogen-bond donors (Lipinski definition) is 2. The summed E-state index contributed by atoms with van der Waals surface area (Å²) in [7, 11) is 1.63. The highest BCUT2D eigenvalue weighted by atomic mass is 79.9. The molecule has 1 fully saturated rings. The Morgan fingerprint density at radius 1 is 1.56 bits per heavy atom. The topological polar surface area (TPSA) is 59.0 Å². The Morgan fingerprint density at radius 3 is 3.00 bits per heavy atom. The van der Waals surface area contributed by atoms with Gasteiger partial charge in [-0.1, -0.05) is 0 Å². The molecule has 1 aliphatic carbocycles. The van der Waals surface area contributed by atoms with E-state index in [4.69, 9.17) is 0 Å². The van der Waals surface area contributed by atoms with Gasteiger partial charge in [0.2, 0.25) is 0 Å². The molecule has 88 valence electrons. The van der Waals surface area contributed by atoms with Crippen molar-refractivity contribution in [3.05, 3.63) is 21.0 Å². The largest absolute Gasteiger partial charge is 0.381 e. The van der Waals surface area contributed by atoms with Gasteiger partial charge in [0.15, 0.2) is 0 Å². The molecule has 0 saturated heterocycles. The third-order valence-electron chi connectivity index (χ3n) is 2.53. The van der Waals surface area contributed by atoms with Crippen molar-refractivity contribution < 1.29 is 0 Å². The van der Waals surface area contributed by atoms with E-state index in [0.29, 0.717) is 10.5 Å². The Labute approximate surface area is 102 Å². The fourth-order valence-electron chi connectivity index (χ4n) is 1.39. The Balaban J connectivity index is 1.88. The molecule has 0 unspecified atom stereocenters.